The highest BCUT2D eigenvalue weighted by atomic mass is 32.2. The van der Waals surface area contributed by atoms with Crippen LogP contribution in [0.5, 0.6) is 5.75 Å². The van der Waals surface area contributed by atoms with Crippen molar-refractivity contribution in [2.24, 2.45) is 0 Å². The van der Waals surface area contributed by atoms with Crippen LogP contribution in [0.15, 0.2) is 36.4 Å². The molecule has 0 aliphatic carbocycles. The molecule has 10 heteroatoms. The molecular formula is C20H25N3O6S. The van der Waals surface area contributed by atoms with Crippen LogP contribution in [0.1, 0.15) is 16.7 Å². The Morgan fingerprint density at radius 3 is 2.53 bits per heavy atom. The number of anilines is 1. The van der Waals surface area contributed by atoms with Gasteiger partial charge in [0, 0.05) is 6.07 Å². The summed E-state index contributed by atoms with van der Waals surface area (Å²) in [4.78, 5) is 22.9. The third-order valence-corrected chi connectivity index (χ3v) is 5.58. The molecule has 1 amide bonds. The molecule has 2 aromatic rings. The van der Waals surface area contributed by atoms with Gasteiger partial charge in [0.15, 0.2) is 0 Å². The molecule has 1 N–H and O–H groups in total. The molecule has 2 rings (SSSR count). The predicted molar refractivity (Wildman–Crippen MR) is 114 cm³/mol. The highest BCUT2D eigenvalue weighted by Gasteiger charge is 2.25. The van der Waals surface area contributed by atoms with Crippen molar-refractivity contribution in [1.82, 2.24) is 5.32 Å². The quantitative estimate of drug-likeness (QED) is 0.367. The molecule has 0 saturated carbocycles. The Morgan fingerprint density at radius 1 is 1.20 bits per heavy atom. The first-order valence-electron chi connectivity index (χ1n) is 9.19. The van der Waals surface area contributed by atoms with Crippen molar-refractivity contribution in [2.45, 2.75) is 20.8 Å². The SMILES string of the molecule is Cc1ccc(C)c(OCCNC(=O)CN(c2cccc([N+](=O)[O-])c2C)S(C)(=O)=O)c1. The number of nitrogens with zero attached hydrogens (tertiary/aromatic N) is 2. The van der Waals surface area contributed by atoms with Gasteiger partial charge in [-0.15, -0.1) is 0 Å². The van der Waals surface area contributed by atoms with E-state index in [4.69, 9.17) is 4.74 Å². The number of aryl methyl sites for hydroxylation is 2. The van der Waals surface area contributed by atoms with E-state index >= 15 is 0 Å². The van der Waals surface area contributed by atoms with Crippen LogP contribution in [-0.4, -0.2) is 45.2 Å². The molecule has 0 unspecified atom stereocenters. The minimum Gasteiger partial charge on any atom is -0.491 e. The summed E-state index contributed by atoms with van der Waals surface area (Å²) in [6.45, 7) is 5.21. The third kappa shape index (κ3) is 5.93. The van der Waals surface area contributed by atoms with Gasteiger partial charge in [-0.1, -0.05) is 18.2 Å². The third-order valence-electron chi connectivity index (χ3n) is 4.45. The van der Waals surface area contributed by atoms with Crippen LogP contribution in [0.25, 0.3) is 0 Å². The first kappa shape index (κ1) is 23.1. The van der Waals surface area contributed by atoms with Crippen molar-refractivity contribution in [3.63, 3.8) is 0 Å². The van der Waals surface area contributed by atoms with E-state index < -0.39 is 27.4 Å². The molecule has 0 aliphatic heterocycles. The molecule has 9 nitrogen and oxygen atoms in total. The Kier molecular flexibility index (Phi) is 7.38. The molecule has 0 bridgehead atoms. The summed E-state index contributed by atoms with van der Waals surface area (Å²) < 4.78 is 31.0. The highest BCUT2D eigenvalue weighted by molar-refractivity contribution is 7.92. The number of rotatable bonds is 9. The largest absolute Gasteiger partial charge is 0.491 e. The van der Waals surface area contributed by atoms with Crippen LogP contribution >= 0.6 is 0 Å². The number of ether oxygens (including phenoxy) is 1. The van der Waals surface area contributed by atoms with Crippen LogP contribution in [0.2, 0.25) is 0 Å². The van der Waals surface area contributed by atoms with E-state index in [1.807, 2.05) is 32.0 Å². The maximum absolute atomic E-state index is 12.3. The lowest BCUT2D eigenvalue weighted by atomic mass is 10.1. The van der Waals surface area contributed by atoms with Crippen LogP contribution in [-0.2, 0) is 14.8 Å². The lowest BCUT2D eigenvalue weighted by molar-refractivity contribution is -0.385. The topological polar surface area (TPSA) is 119 Å². The average molecular weight is 436 g/mol. The van der Waals surface area contributed by atoms with E-state index in [0.29, 0.717) is 5.75 Å². The standard InChI is InChI=1S/C20H25N3O6S/c1-14-8-9-15(2)19(12-14)29-11-10-21-20(24)13-22(30(4,27)28)17-6-5-7-18(16(17)3)23(25)26/h5-9,12H,10-11,13H2,1-4H3,(H,21,24). The van der Waals surface area contributed by atoms with Gasteiger partial charge >= 0.3 is 0 Å². The second kappa shape index (κ2) is 9.57. The number of nitro benzene ring substituents is 1. The molecule has 30 heavy (non-hydrogen) atoms. The smallest absolute Gasteiger partial charge is 0.274 e. The van der Waals surface area contributed by atoms with Crippen molar-refractivity contribution in [3.05, 3.63) is 63.2 Å². The first-order valence-corrected chi connectivity index (χ1v) is 11.0. The molecule has 0 heterocycles. The summed E-state index contributed by atoms with van der Waals surface area (Å²) in [6.07, 6.45) is 0.947. The molecular weight excluding hydrogens is 410 g/mol. The minimum atomic E-state index is -3.84. The Morgan fingerprint density at radius 2 is 1.90 bits per heavy atom. The van der Waals surface area contributed by atoms with Crippen LogP contribution < -0.4 is 14.4 Å². The number of hydrogen-bond donors (Lipinski definition) is 1. The van der Waals surface area contributed by atoms with E-state index in [9.17, 15) is 23.3 Å². The summed E-state index contributed by atoms with van der Waals surface area (Å²) in [6, 6.07) is 9.90. The fourth-order valence-electron chi connectivity index (χ4n) is 2.86. The number of carbonyl (C=O) groups excluding carboxylic acids is 1. The second-order valence-corrected chi connectivity index (χ2v) is 8.82. The van der Waals surface area contributed by atoms with E-state index in [0.717, 1.165) is 21.7 Å². The molecule has 0 atom stereocenters. The van der Waals surface area contributed by atoms with Crippen LogP contribution in [0, 0.1) is 30.9 Å². The molecule has 0 spiro atoms. The second-order valence-electron chi connectivity index (χ2n) is 6.92. The monoisotopic (exact) mass is 435 g/mol. The first-order chi connectivity index (χ1) is 14.0. The van der Waals surface area contributed by atoms with Crippen molar-refractivity contribution in [2.75, 3.05) is 30.3 Å². The van der Waals surface area contributed by atoms with Gasteiger partial charge in [0.25, 0.3) is 5.69 Å². The number of nitro groups is 1. The van der Waals surface area contributed by atoms with E-state index in [1.165, 1.54) is 25.1 Å². The maximum atomic E-state index is 12.3. The van der Waals surface area contributed by atoms with Gasteiger partial charge < -0.3 is 10.1 Å². The molecule has 0 radical (unpaired) electrons. The zero-order valence-corrected chi connectivity index (χ0v) is 18.2. The number of amides is 1. The van der Waals surface area contributed by atoms with Crippen molar-refractivity contribution >= 4 is 27.3 Å². The summed E-state index contributed by atoms with van der Waals surface area (Å²) in [5.41, 5.74) is 2.06. The molecule has 0 fully saturated rings. The summed E-state index contributed by atoms with van der Waals surface area (Å²) in [5, 5.41) is 13.8. The minimum absolute atomic E-state index is 0.0912. The molecule has 0 aliphatic rings. The predicted octanol–water partition coefficient (Wildman–Crippen LogP) is 2.48. The average Bonchev–Trinajstić information content (AvgIpc) is 2.65. The van der Waals surface area contributed by atoms with E-state index in [-0.39, 0.29) is 30.1 Å². The Labute approximate surface area is 175 Å². The van der Waals surface area contributed by atoms with Gasteiger partial charge in [0.05, 0.1) is 29.0 Å². The van der Waals surface area contributed by atoms with Gasteiger partial charge in [-0.05, 0) is 44.0 Å². The lowest BCUT2D eigenvalue weighted by Gasteiger charge is -2.23. The Bertz CT molecular complexity index is 1050. The number of benzene rings is 2. The molecule has 0 saturated heterocycles. The fourth-order valence-corrected chi connectivity index (χ4v) is 3.77. The fraction of sp³-hybridized carbons (Fsp3) is 0.350. The number of nitrogens with one attached hydrogen (secondary N) is 1. The van der Waals surface area contributed by atoms with Gasteiger partial charge in [0.2, 0.25) is 15.9 Å². The van der Waals surface area contributed by atoms with E-state index in [1.54, 1.807) is 0 Å². The van der Waals surface area contributed by atoms with Crippen molar-refractivity contribution < 1.29 is 22.9 Å². The summed E-state index contributed by atoms with van der Waals surface area (Å²) in [7, 11) is -3.84. The summed E-state index contributed by atoms with van der Waals surface area (Å²) >= 11 is 0. The maximum Gasteiger partial charge on any atom is 0.274 e. The molecule has 162 valence electrons. The zero-order chi connectivity index (χ0) is 22.5. The number of sulfonamides is 1. The molecule has 2 aromatic carbocycles. The van der Waals surface area contributed by atoms with Gasteiger partial charge in [-0.25, -0.2) is 8.42 Å². The Balaban J connectivity index is 2.04. The molecule has 0 aromatic heterocycles. The van der Waals surface area contributed by atoms with Crippen molar-refractivity contribution in [3.8, 4) is 5.75 Å². The van der Waals surface area contributed by atoms with Crippen molar-refractivity contribution in [1.29, 1.82) is 0 Å². The summed E-state index contributed by atoms with van der Waals surface area (Å²) in [5.74, 6) is 0.171. The normalized spacial score (nSPS) is 11.1. The van der Waals surface area contributed by atoms with Crippen LogP contribution in [0.3, 0.4) is 0 Å². The van der Waals surface area contributed by atoms with Gasteiger partial charge in [0.1, 0.15) is 18.9 Å². The van der Waals surface area contributed by atoms with Crippen LogP contribution in [0.4, 0.5) is 11.4 Å². The highest BCUT2D eigenvalue weighted by Crippen LogP contribution is 2.29. The number of carbonyl (C=O) groups is 1. The lowest BCUT2D eigenvalue weighted by Crippen LogP contribution is -2.41. The van der Waals surface area contributed by atoms with Gasteiger partial charge in [-0.2, -0.15) is 0 Å². The number of hydrogen-bond acceptors (Lipinski definition) is 6. The van der Waals surface area contributed by atoms with E-state index in [2.05, 4.69) is 5.32 Å². The zero-order valence-electron chi connectivity index (χ0n) is 17.3. The Hall–Kier alpha value is -3.14. The van der Waals surface area contributed by atoms with Gasteiger partial charge in [-0.3, -0.25) is 19.2 Å².